The van der Waals surface area contributed by atoms with Crippen LogP contribution in [0.5, 0.6) is 0 Å². The van der Waals surface area contributed by atoms with Crippen molar-refractivity contribution in [2.45, 2.75) is 44.8 Å². The van der Waals surface area contributed by atoms with Crippen LogP contribution in [-0.4, -0.2) is 73.5 Å². The molecule has 4 aliphatic rings. The van der Waals surface area contributed by atoms with Gasteiger partial charge < -0.3 is 15.1 Å². The number of carbonyl (C=O) groups is 2. The Kier molecular flexibility index (Phi) is 5.10. The molecule has 5 rings (SSSR count). The predicted octanol–water partition coefficient (Wildman–Crippen LogP) is 0.929. The first-order valence-electron chi connectivity index (χ1n) is 12.4. The number of piperazine rings is 1. The fourth-order valence-electron chi connectivity index (χ4n) is 5.13. The third kappa shape index (κ3) is 4.24. The Balaban J connectivity index is 1.24. The topological polar surface area (TPSA) is 67.9 Å². The second kappa shape index (κ2) is 8.65. The number of hydrogen-bond donors (Lipinski definition) is 2. The van der Waals surface area contributed by atoms with Gasteiger partial charge in [0.1, 0.15) is 0 Å². The van der Waals surface area contributed by atoms with Crippen molar-refractivity contribution < 1.29 is 12.3 Å². The fraction of sp³-hybridized carbons (Fsp3) is 0.652. The number of nitrogens with zero attached hydrogens (tertiary/aromatic N) is 3. The Morgan fingerprint density at radius 2 is 1.77 bits per heavy atom. The number of benzene rings is 1. The maximum Gasteiger partial charge on any atom is 0.243 e. The van der Waals surface area contributed by atoms with Crippen LogP contribution in [0, 0.1) is 5.92 Å². The van der Waals surface area contributed by atoms with Crippen LogP contribution in [0.2, 0.25) is 0 Å². The lowest BCUT2D eigenvalue weighted by Gasteiger charge is -2.37. The van der Waals surface area contributed by atoms with E-state index in [1.807, 2.05) is 6.07 Å². The molecule has 0 radical (unpaired) electrons. The molecule has 3 unspecified atom stereocenters. The summed E-state index contributed by atoms with van der Waals surface area (Å²) in [5, 5.41) is 5.79. The summed E-state index contributed by atoms with van der Waals surface area (Å²) in [6.45, 7) is 6.18. The normalized spacial score (nSPS) is 32.5. The number of hydrogen-bond acceptors (Lipinski definition) is 6. The van der Waals surface area contributed by atoms with E-state index in [0.29, 0.717) is 6.42 Å². The molecule has 0 aromatic heterocycles. The van der Waals surface area contributed by atoms with E-state index < -0.39 is 19.1 Å². The Hall–Kier alpha value is -1.96. The van der Waals surface area contributed by atoms with Crippen LogP contribution in [0.3, 0.4) is 0 Å². The van der Waals surface area contributed by atoms with Crippen molar-refractivity contribution in [2.75, 3.05) is 50.7 Å². The quantitative estimate of drug-likeness (QED) is 0.716. The second-order valence-corrected chi connectivity index (χ2v) is 8.97. The molecule has 0 saturated carbocycles. The molecule has 0 bridgehead atoms. The van der Waals surface area contributed by atoms with Crippen molar-refractivity contribution in [2.24, 2.45) is 5.92 Å². The molecule has 162 valence electrons. The number of fused-ring (bicyclic) bond motifs is 1. The van der Waals surface area contributed by atoms with E-state index in [0.717, 1.165) is 62.0 Å². The number of imide groups is 1. The molecule has 4 aliphatic heterocycles. The van der Waals surface area contributed by atoms with Crippen LogP contribution in [0.4, 0.5) is 5.69 Å². The maximum atomic E-state index is 12.4. The van der Waals surface area contributed by atoms with Crippen molar-refractivity contribution >= 4 is 17.5 Å². The number of rotatable bonds is 4. The SMILES string of the molecule is [2H]C1c2ccc(N3CCC(CN4CCNCC4)CC3)cc2C([2H])N1C1CCC(=O)NC1=O. The third-order valence-electron chi connectivity index (χ3n) is 6.92. The summed E-state index contributed by atoms with van der Waals surface area (Å²) in [6.07, 6.45) is 2.98. The summed E-state index contributed by atoms with van der Waals surface area (Å²) in [5.41, 5.74) is 2.72. The lowest BCUT2D eigenvalue weighted by Crippen LogP contribution is -2.50. The lowest BCUT2D eigenvalue weighted by molar-refractivity contribution is -0.137. The first-order chi connectivity index (χ1) is 15.5. The van der Waals surface area contributed by atoms with Gasteiger partial charge in [0.15, 0.2) is 0 Å². The molecular formula is C23H33N5O2. The molecule has 3 saturated heterocycles. The molecule has 7 heteroatoms. The number of nitrogens with one attached hydrogen (secondary N) is 2. The highest BCUT2D eigenvalue weighted by molar-refractivity contribution is 6.00. The van der Waals surface area contributed by atoms with Gasteiger partial charge in [0.25, 0.3) is 0 Å². The van der Waals surface area contributed by atoms with Gasteiger partial charge in [-0.05, 0) is 48.4 Å². The van der Waals surface area contributed by atoms with Crippen molar-refractivity contribution in [3.05, 3.63) is 29.3 Å². The minimum absolute atomic E-state index is 0.261. The summed E-state index contributed by atoms with van der Waals surface area (Å²) in [6, 6.07) is 5.48. The third-order valence-corrected chi connectivity index (χ3v) is 6.92. The van der Waals surface area contributed by atoms with E-state index >= 15 is 0 Å². The van der Waals surface area contributed by atoms with Crippen molar-refractivity contribution in [1.29, 1.82) is 0 Å². The zero-order valence-electron chi connectivity index (χ0n) is 19.5. The van der Waals surface area contributed by atoms with Crippen LogP contribution in [0.1, 0.15) is 39.6 Å². The van der Waals surface area contributed by atoms with E-state index in [1.165, 1.54) is 19.4 Å². The molecule has 4 heterocycles. The van der Waals surface area contributed by atoms with E-state index in [1.54, 1.807) is 4.90 Å². The van der Waals surface area contributed by atoms with Gasteiger partial charge in [-0.1, -0.05) is 6.07 Å². The summed E-state index contributed by atoms with van der Waals surface area (Å²) in [7, 11) is 0. The molecule has 0 spiro atoms. The minimum atomic E-state index is -0.762. The van der Waals surface area contributed by atoms with Crippen LogP contribution >= 0.6 is 0 Å². The molecular weight excluding hydrogens is 378 g/mol. The average Bonchev–Trinajstić information content (AvgIpc) is 3.05. The molecule has 3 fully saturated rings. The van der Waals surface area contributed by atoms with Gasteiger partial charge in [-0.15, -0.1) is 0 Å². The molecule has 7 nitrogen and oxygen atoms in total. The molecule has 30 heavy (non-hydrogen) atoms. The van der Waals surface area contributed by atoms with Crippen molar-refractivity contribution in [3.63, 3.8) is 0 Å². The van der Waals surface area contributed by atoms with E-state index in [9.17, 15) is 9.59 Å². The maximum absolute atomic E-state index is 12.4. The Morgan fingerprint density at radius 1 is 1.00 bits per heavy atom. The van der Waals surface area contributed by atoms with Crippen LogP contribution in [-0.2, 0) is 22.6 Å². The molecule has 1 aromatic rings. The van der Waals surface area contributed by atoms with Crippen LogP contribution in [0.25, 0.3) is 0 Å². The summed E-state index contributed by atoms with van der Waals surface area (Å²) in [4.78, 5) is 30.5. The summed E-state index contributed by atoms with van der Waals surface area (Å²) >= 11 is 0. The Labute approximate surface area is 181 Å². The van der Waals surface area contributed by atoms with E-state index in [-0.39, 0.29) is 18.2 Å². The fourth-order valence-corrected chi connectivity index (χ4v) is 5.13. The van der Waals surface area contributed by atoms with Gasteiger partial charge in [-0.3, -0.25) is 19.8 Å². The smallest absolute Gasteiger partial charge is 0.243 e. The Morgan fingerprint density at radius 3 is 2.53 bits per heavy atom. The number of anilines is 1. The zero-order chi connectivity index (χ0) is 22.2. The zero-order valence-corrected chi connectivity index (χ0v) is 17.5. The molecule has 2 N–H and O–H groups in total. The molecule has 0 aliphatic carbocycles. The number of carbonyl (C=O) groups excluding carboxylic acids is 2. The van der Waals surface area contributed by atoms with Crippen molar-refractivity contribution in [1.82, 2.24) is 20.4 Å². The summed E-state index contributed by atoms with van der Waals surface area (Å²) in [5.74, 6) is 0.0901. The van der Waals surface area contributed by atoms with Gasteiger partial charge in [0.2, 0.25) is 11.8 Å². The highest BCUT2D eigenvalue weighted by Gasteiger charge is 2.35. The van der Waals surface area contributed by atoms with E-state index in [2.05, 4.69) is 32.6 Å². The highest BCUT2D eigenvalue weighted by Crippen LogP contribution is 2.32. The van der Waals surface area contributed by atoms with Gasteiger partial charge in [0, 0.05) is 73.7 Å². The average molecular weight is 414 g/mol. The largest absolute Gasteiger partial charge is 0.372 e. The van der Waals surface area contributed by atoms with E-state index in [4.69, 9.17) is 2.74 Å². The van der Waals surface area contributed by atoms with Gasteiger partial charge >= 0.3 is 0 Å². The van der Waals surface area contributed by atoms with Gasteiger partial charge in [0.05, 0.1) is 6.04 Å². The predicted molar refractivity (Wildman–Crippen MR) is 116 cm³/mol. The second-order valence-electron chi connectivity index (χ2n) is 8.97. The first-order valence-corrected chi connectivity index (χ1v) is 11.3. The van der Waals surface area contributed by atoms with Crippen LogP contribution in [0.15, 0.2) is 18.2 Å². The monoisotopic (exact) mass is 413 g/mol. The lowest BCUT2D eigenvalue weighted by atomic mass is 9.95. The highest BCUT2D eigenvalue weighted by atomic mass is 16.2. The number of amides is 2. The molecule has 3 atom stereocenters. The molecule has 2 amide bonds. The van der Waals surface area contributed by atoms with Crippen molar-refractivity contribution in [3.8, 4) is 0 Å². The first kappa shape index (κ1) is 17.7. The van der Waals surface area contributed by atoms with Gasteiger partial charge in [-0.2, -0.15) is 0 Å². The minimum Gasteiger partial charge on any atom is -0.372 e. The standard InChI is InChI=1S/C23H33N5O2/c29-22-4-3-21(23(30)25-22)28-15-18-1-2-20(13-19(18)16-28)27-9-5-17(6-10-27)14-26-11-7-24-8-12-26/h1-2,13,17,21,24H,3-12,14-16H2,(H,25,29,30)/i15D,16D. The molecule has 1 aromatic carbocycles. The van der Waals surface area contributed by atoms with Crippen LogP contribution < -0.4 is 15.5 Å². The Bertz CT molecular complexity index is 870. The number of piperidine rings is 2. The van der Waals surface area contributed by atoms with Gasteiger partial charge in [-0.25, -0.2) is 0 Å². The summed E-state index contributed by atoms with van der Waals surface area (Å²) < 4.78 is 17.4.